The Balaban J connectivity index is 3.36. The fraction of sp³-hybridized carbons (Fsp3) is 0.333. The van der Waals surface area contributed by atoms with Crippen molar-refractivity contribution < 1.29 is 9.47 Å². The highest BCUT2D eigenvalue weighted by molar-refractivity contribution is 5.55. The molecule has 0 heterocycles. The van der Waals surface area contributed by atoms with E-state index in [4.69, 9.17) is 20.0 Å². The van der Waals surface area contributed by atoms with Crippen molar-refractivity contribution in [1.82, 2.24) is 0 Å². The zero-order valence-electron chi connectivity index (χ0n) is 9.28. The lowest BCUT2D eigenvalue weighted by Gasteiger charge is -2.13. The molecule has 0 saturated heterocycles. The maximum Gasteiger partial charge on any atom is 0.166 e. The molecule has 82 valence electrons. The van der Waals surface area contributed by atoms with Crippen molar-refractivity contribution in [2.24, 2.45) is 0 Å². The maximum atomic E-state index is 8.95. The van der Waals surface area contributed by atoms with Gasteiger partial charge in [0.15, 0.2) is 11.5 Å². The lowest BCUT2D eigenvalue weighted by atomic mass is 10.0. The fourth-order valence-electron chi connectivity index (χ4n) is 1.43. The standard InChI is InChI=1S/C12H12N2O2/c1-3-16-12-10(6-7-13)9(8-14)4-5-11(12)15-2/h4-5H,3,6H2,1-2H3. The minimum atomic E-state index is 0.134. The van der Waals surface area contributed by atoms with Crippen molar-refractivity contribution in [2.45, 2.75) is 13.3 Å². The Labute approximate surface area is 94.6 Å². The molecule has 4 nitrogen and oxygen atoms in total. The molecular weight excluding hydrogens is 204 g/mol. The van der Waals surface area contributed by atoms with Gasteiger partial charge in [0, 0.05) is 5.56 Å². The summed E-state index contributed by atoms with van der Waals surface area (Å²) >= 11 is 0. The summed E-state index contributed by atoms with van der Waals surface area (Å²) in [7, 11) is 1.53. The Morgan fingerprint density at radius 2 is 2.06 bits per heavy atom. The van der Waals surface area contributed by atoms with Crippen LogP contribution in [0, 0.1) is 22.7 Å². The van der Waals surface area contributed by atoms with E-state index in [1.807, 2.05) is 19.1 Å². The monoisotopic (exact) mass is 216 g/mol. The highest BCUT2D eigenvalue weighted by atomic mass is 16.5. The van der Waals surface area contributed by atoms with Crippen molar-refractivity contribution in [3.05, 3.63) is 23.3 Å². The predicted molar refractivity (Wildman–Crippen MR) is 58.2 cm³/mol. The zero-order chi connectivity index (χ0) is 12.0. The van der Waals surface area contributed by atoms with Crippen molar-refractivity contribution in [2.75, 3.05) is 13.7 Å². The first-order valence-corrected chi connectivity index (χ1v) is 4.88. The van der Waals surface area contributed by atoms with Crippen LogP contribution in [0.25, 0.3) is 0 Å². The average Bonchev–Trinajstić information content (AvgIpc) is 2.31. The Kier molecular flexibility index (Phi) is 4.17. The van der Waals surface area contributed by atoms with E-state index >= 15 is 0 Å². The summed E-state index contributed by atoms with van der Waals surface area (Å²) < 4.78 is 10.6. The SMILES string of the molecule is CCOc1c(OC)ccc(C#N)c1CC#N. The molecule has 1 rings (SSSR count). The van der Waals surface area contributed by atoms with Crippen LogP contribution in [0.1, 0.15) is 18.1 Å². The molecule has 0 atom stereocenters. The molecule has 0 aliphatic heterocycles. The van der Waals surface area contributed by atoms with E-state index in [1.165, 1.54) is 7.11 Å². The number of hydrogen-bond donors (Lipinski definition) is 0. The van der Waals surface area contributed by atoms with Gasteiger partial charge in [-0.2, -0.15) is 10.5 Å². The van der Waals surface area contributed by atoms with E-state index in [-0.39, 0.29) is 6.42 Å². The smallest absolute Gasteiger partial charge is 0.166 e. The van der Waals surface area contributed by atoms with Crippen molar-refractivity contribution in [1.29, 1.82) is 10.5 Å². The minimum absolute atomic E-state index is 0.134. The van der Waals surface area contributed by atoms with Gasteiger partial charge in [0.05, 0.1) is 37.8 Å². The average molecular weight is 216 g/mol. The largest absolute Gasteiger partial charge is 0.493 e. The molecule has 0 fully saturated rings. The number of nitrogens with zero attached hydrogens (tertiary/aromatic N) is 2. The number of nitriles is 2. The molecule has 0 saturated carbocycles. The second-order valence-corrected chi connectivity index (χ2v) is 3.00. The molecule has 16 heavy (non-hydrogen) atoms. The van der Waals surface area contributed by atoms with Crippen molar-refractivity contribution in [3.63, 3.8) is 0 Å². The first-order valence-electron chi connectivity index (χ1n) is 4.88. The number of rotatable bonds is 4. The lowest BCUT2D eigenvalue weighted by molar-refractivity contribution is 0.308. The third-order valence-electron chi connectivity index (χ3n) is 2.11. The van der Waals surface area contributed by atoms with E-state index in [1.54, 1.807) is 12.1 Å². The van der Waals surface area contributed by atoms with Crippen LogP contribution in [0.5, 0.6) is 11.5 Å². The highest BCUT2D eigenvalue weighted by Gasteiger charge is 2.14. The summed E-state index contributed by atoms with van der Waals surface area (Å²) in [5, 5.41) is 17.7. The molecule has 0 radical (unpaired) electrons. The second-order valence-electron chi connectivity index (χ2n) is 3.00. The molecule has 4 heteroatoms. The van der Waals surface area contributed by atoms with Crippen LogP contribution in [-0.4, -0.2) is 13.7 Å². The van der Waals surface area contributed by atoms with E-state index in [2.05, 4.69) is 0 Å². The Hall–Kier alpha value is -2.20. The topological polar surface area (TPSA) is 66.0 Å². The van der Waals surface area contributed by atoms with Crippen LogP contribution in [0.4, 0.5) is 0 Å². The maximum absolute atomic E-state index is 8.95. The molecule has 1 aromatic rings. The van der Waals surface area contributed by atoms with Crippen LogP contribution < -0.4 is 9.47 Å². The van der Waals surface area contributed by atoms with Crippen LogP contribution in [0.15, 0.2) is 12.1 Å². The molecule has 0 bridgehead atoms. The van der Waals surface area contributed by atoms with Gasteiger partial charge in [0.25, 0.3) is 0 Å². The Morgan fingerprint density at radius 3 is 2.56 bits per heavy atom. The minimum Gasteiger partial charge on any atom is -0.493 e. The normalized spacial score (nSPS) is 9.00. The van der Waals surface area contributed by atoms with Gasteiger partial charge in [0.2, 0.25) is 0 Å². The molecular formula is C12H12N2O2. The fourth-order valence-corrected chi connectivity index (χ4v) is 1.43. The molecule has 0 aliphatic rings. The van der Waals surface area contributed by atoms with E-state index < -0.39 is 0 Å². The van der Waals surface area contributed by atoms with Gasteiger partial charge in [-0.1, -0.05) is 0 Å². The molecule has 0 amide bonds. The van der Waals surface area contributed by atoms with Gasteiger partial charge in [-0.15, -0.1) is 0 Å². The lowest BCUT2D eigenvalue weighted by Crippen LogP contribution is -2.01. The number of benzene rings is 1. The summed E-state index contributed by atoms with van der Waals surface area (Å²) in [5.74, 6) is 1.04. The molecule has 0 unspecified atom stereocenters. The number of hydrogen-bond acceptors (Lipinski definition) is 4. The number of methoxy groups -OCH3 is 1. The molecule has 0 aromatic heterocycles. The summed E-state index contributed by atoms with van der Waals surface area (Å²) in [5.41, 5.74) is 1.04. The number of ether oxygens (including phenoxy) is 2. The van der Waals surface area contributed by atoms with Crippen LogP contribution in [0.2, 0.25) is 0 Å². The second kappa shape index (κ2) is 5.63. The molecule has 0 N–H and O–H groups in total. The predicted octanol–water partition coefficient (Wildman–Crippen LogP) is 2.03. The van der Waals surface area contributed by atoms with E-state index in [0.29, 0.717) is 29.2 Å². The Bertz CT molecular complexity index is 455. The highest BCUT2D eigenvalue weighted by Crippen LogP contribution is 2.33. The van der Waals surface area contributed by atoms with Crippen LogP contribution >= 0.6 is 0 Å². The first-order chi connectivity index (χ1) is 7.78. The van der Waals surface area contributed by atoms with Crippen LogP contribution in [-0.2, 0) is 6.42 Å². The zero-order valence-corrected chi connectivity index (χ0v) is 9.28. The van der Waals surface area contributed by atoms with Gasteiger partial charge in [-0.25, -0.2) is 0 Å². The van der Waals surface area contributed by atoms with Crippen LogP contribution in [0.3, 0.4) is 0 Å². The molecule has 0 spiro atoms. The van der Waals surface area contributed by atoms with Gasteiger partial charge in [-0.3, -0.25) is 0 Å². The van der Waals surface area contributed by atoms with Gasteiger partial charge < -0.3 is 9.47 Å². The van der Waals surface area contributed by atoms with Crippen molar-refractivity contribution in [3.8, 4) is 23.6 Å². The summed E-state index contributed by atoms with van der Waals surface area (Å²) in [6.07, 6.45) is 0.134. The van der Waals surface area contributed by atoms with Gasteiger partial charge >= 0.3 is 0 Å². The summed E-state index contributed by atoms with van der Waals surface area (Å²) in [6, 6.07) is 7.37. The van der Waals surface area contributed by atoms with Gasteiger partial charge in [-0.05, 0) is 19.1 Å². The Morgan fingerprint density at radius 1 is 1.31 bits per heavy atom. The van der Waals surface area contributed by atoms with Gasteiger partial charge in [0.1, 0.15) is 0 Å². The molecule has 1 aromatic carbocycles. The van der Waals surface area contributed by atoms with Crippen molar-refractivity contribution >= 4 is 0 Å². The van der Waals surface area contributed by atoms with E-state index in [9.17, 15) is 0 Å². The third kappa shape index (κ3) is 2.24. The van der Waals surface area contributed by atoms with E-state index in [0.717, 1.165) is 0 Å². The quantitative estimate of drug-likeness (QED) is 0.772. The summed E-state index contributed by atoms with van der Waals surface area (Å²) in [4.78, 5) is 0. The summed E-state index contributed by atoms with van der Waals surface area (Å²) in [6.45, 7) is 2.30. The third-order valence-corrected chi connectivity index (χ3v) is 2.11. The first kappa shape index (κ1) is 11.9. The molecule has 0 aliphatic carbocycles.